The van der Waals surface area contributed by atoms with Crippen LogP contribution in [-0.4, -0.2) is 16.1 Å². The third-order valence-corrected chi connectivity index (χ3v) is 4.87. The molecule has 0 fully saturated rings. The van der Waals surface area contributed by atoms with Crippen LogP contribution in [0.1, 0.15) is 64.7 Å². The summed E-state index contributed by atoms with van der Waals surface area (Å²) in [6.45, 7) is 2.22. The van der Waals surface area contributed by atoms with Gasteiger partial charge in [0.15, 0.2) is 0 Å². The molecule has 0 spiro atoms. The first kappa shape index (κ1) is 21.7. The molecule has 0 radical (unpaired) electrons. The van der Waals surface area contributed by atoms with Crippen LogP contribution >= 0.6 is 0 Å². The summed E-state index contributed by atoms with van der Waals surface area (Å²) in [5, 5.41) is 10.4. The number of hydrogen-bond acceptors (Lipinski definition) is 3. The van der Waals surface area contributed by atoms with Crippen LogP contribution in [0.3, 0.4) is 0 Å². The first-order chi connectivity index (χ1) is 13.6. The van der Waals surface area contributed by atoms with Crippen molar-refractivity contribution in [1.29, 1.82) is 0 Å². The molecule has 0 aliphatic heterocycles. The lowest BCUT2D eigenvalue weighted by molar-refractivity contribution is -0.137. The monoisotopic (exact) mass is 380 g/mol. The Morgan fingerprint density at radius 2 is 1.29 bits per heavy atom. The van der Waals surface area contributed by atoms with Crippen LogP contribution in [0, 0.1) is 0 Å². The molecular formula is C24H32N2O2. The first-order valence-electron chi connectivity index (χ1n) is 10.4. The van der Waals surface area contributed by atoms with Crippen molar-refractivity contribution in [2.45, 2.75) is 64.7 Å². The number of anilines is 1. The molecule has 0 amide bonds. The Bertz CT molecular complexity index is 823. The van der Waals surface area contributed by atoms with Crippen LogP contribution in [0.2, 0.25) is 0 Å². The molecular weight excluding hydrogens is 348 g/mol. The van der Waals surface area contributed by atoms with E-state index in [-0.39, 0.29) is 0 Å². The topological polar surface area (TPSA) is 76.2 Å². The van der Waals surface area contributed by atoms with Crippen LogP contribution in [0.15, 0.2) is 48.5 Å². The smallest absolute Gasteiger partial charge is 0.303 e. The van der Waals surface area contributed by atoms with Gasteiger partial charge in [-0.2, -0.15) is 0 Å². The number of unbranched alkanes of at least 4 members (excludes halogenated alkanes) is 7. The highest BCUT2D eigenvalue weighted by atomic mass is 16.4. The molecule has 28 heavy (non-hydrogen) atoms. The molecule has 3 rings (SSSR count). The van der Waals surface area contributed by atoms with E-state index in [9.17, 15) is 4.79 Å². The van der Waals surface area contributed by atoms with Gasteiger partial charge in [-0.05, 0) is 18.6 Å². The van der Waals surface area contributed by atoms with Gasteiger partial charge in [0.2, 0.25) is 0 Å². The summed E-state index contributed by atoms with van der Waals surface area (Å²) in [6.07, 6.45) is 10.1. The minimum atomic E-state index is -0.661. The number of carboxylic acid groups (broad SMARTS) is 1. The number of aromatic nitrogens is 1. The van der Waals surface area contributed by atoms with Crippen molar-refractivity contribution in [1.82, 2.24) is 4.98 Å². The fourth-order valence-electron chi connectivity index (χ4n) is 3.28. The summed E-state index contributed by atoms with van der Waals surface area (Å²) >= 11 is 0. The Hall–Kier alpha value is -2.62. The lowest BCUT2D eigenvalue weighted by Crippen LogP contribution is -1.93. The number of para-hydroxylation sites is 2. The summed E-state index contributed by atoms with van der Waals surface area (Å²) in [7, 11) is 0. The summed E-state index contributed by atoms with van der Waals surface area (Å²) in [6, 6.07) is 15.9. The molecule has 4 heteroatoms. The molecule has 0 atom stereocenters. The van der Waals surface area contributed by atoms with E-state index in [2.05, 4.69) is 11.9 Å². The molecule has 0 unspecified atom stereocenters. The van der Waals surface area contributed by atoms with Crippen LogP contribution in [-0.2, 0) is 4.79 Å². The Kier molecular flexibility index (Phi) is 9.26. The Morgan fingerprint density at radius 3 is 1.79 bits per heavy atom. The van der Waals surface area contributed by atoms with E-state index in [1.807, 2.05) is 48.5 Å². The van der Waals surface area contributed by atoms with Crippen molar-refractivity contribution >= 4 is 33.5 Å². The van der Waals surface area contributed by atoms with E-state index < -0.39 is 5.97 Å². The van der Waals surface area contributed by atoms with Gasteiger partial charge in [0.05, 0.1) is 16.7 Å². The summed E-state index contributed by atoms with van der Waals surface area (Å²) in [5.41, 5.74) is 8.84. The van der Waals surface area contributed by atoms with Crippen LogP contribution < -0.4 is 5.73 Å². The zero-order valence-electron chi connectivity index (χ0n) is 16.9. The average Bonchev–Trinajstić information content (AvgIpc) is 2.71. The van der Waals surface area contributed by atoms with Crippen molar-refractivity contribution in [3.8, 4) is 0 Å². The minimum Gasteiger partial charge on any atom is -0.481 e. The van der Waals surface area contributed by atoms with Crippen molar-refractivity contribution in [3.63, 3.8) is 0 Å². The highest BCUT2D eigenvalue weighted by molar-refractivity contribution is 6.06. The van der Waals surface area contributed by atoms with E-state index in [4.69, 9.17) is 10.8 Å². The molecule has 0 aliphatic carbocycles. The lowest BCUT2D eigenvalue weighted by atomic mass is 10.1. The number of carbonyl (C=O) groups is 1. The number of fused-ring (bicyclic) bond motifs is 2. The van der Waals surface area contributed by atoms with Gasteiger partial charge in [0.25, 0.3) is 0 Å². The zero-order valence-corrected chi connectivity index (χ0v) is 16.9. The van der Waals surface area contributed by atoms with Crippen LogP contribution in [0.25, 0.3) is 21.8 Å². The lowest BCUT2D eigenvalue weighted by Gasteiger charge is -2.05. The normalized spacial score (nSPS) is 10.6. The molecule has 1 aromatic heterocycles. The van der Waals surface area contributed by atoms with Crippen LogP contribution in [0.5, 0.6) is 0 Å². The maximum Gasteiger partial charge on any atom is 0.303 e. The second-order valence-electron chi connectivity index (χ2n) is 7.18. The van der Waals surface area contributed by atoms with E-state index in [1.165, 1.54) is 38.5 Å². The Morgan fingerprint density at radius 1 is 0.821 bits per heavy atom. The highest BCUT2D eigenvalue weighted by Crippen LogP contribution is 2.27. The third kappa shape index (κ3) is 6.84. The van der Waals surface area contributed by atoms with E-state index in [1.54, 1.807) is 0 Å². The van der Waals surface area contributed by atoms with Gasteiger partial charge in [-0.1, -0.05) is 88.3 Å². The quantitative estimate of drug-likeness (QED) is 0.325. The van der Waals surface area contributed by atoms with Crippen molar-refractivity contribution in [2.24, 2.45) is 0 Å². The molecule has 0 bridgehead atoms. The maximum absolute atomic E-state index is 10.2. The van der Waals surface area contributed by atoms with E-state index in [0.29, 0.717) is 6.42 Å². The number of benzene rings is 2. The predicted octanol–water partition coefficient (Wildman–Crippen LogP) is 6.57. The van der Waals surface area contributed by atoms with Crippen molar-refractivity contribution in [2.75, 3.05) is 5.73 Å². The number of aliphatic carboxylic acids is 1. The van der Waals surface area contributed by atoms with Gasteiger partial charge in [0.1, 0.15) is 0 Å². The van der Waals surface area contributed by atoms with Gasteiger partial charge in [-0.15, -0.1) is 0 Å². The van der Waals surface area contributed by atoms with Crippen molar-refractivity contribution in [3.05, 3.63) is 48.5 Å². The number of carboxylic acids is 1. The summed E-state index contributed by atoms with van der Waals surface area (Å²) < 4.78 is 0. The fraction of sp³-hybridized carbons (Fsp3) is 0.417. The number of nitrogens with zero attached hydrogens (tertiary/aromatic N) is 1. The van der Waals surface area contributed by atoms with Gasteiger partial charge in [-0.25, -0.2) is 4.98 Å². The average molecular weight is 381 g/mol. The van der Waals surface area contributed by atoms with Gasteiger partial charge in [0, 0.05) is 17.2 Å². The molecule has 0 aliphatic rings. The number of nitrogens with two attached hydrogens (primary N) is 1. The Labute approximate surface area is 167 Å². The summed E-state index contributed by atoms with van der Waals surface area (Å²) in [4.78, 5) is 14.7. The number of nitrogen functional groups attached to an aromatic ring is 1. The minimum absolute atomic E-state index is 0.342. The second-order valence-corrected chi connectivity index (χ2v) is 7.18. The molecule has 150 valence electrons. The molecule has 3 N–H and O–H groups in total. The predicted molar refractivity (Wildman–Crippen MR) is 119 cm³/mol. The first-order valence-corrected chi connectivity index (χ1v) is 10.4. The molecule has 0 saturated heterocycles. The molecule has 4 nitrogen and oxygen atoms in total. The van der Waals surface area contributed by atoms with Gasteiger partial charge in [-0.3, -0.25) is 4.79 Å². The second kappa shape index (κ2) is 12.0. The van der Waals surface area contributed by atoms with E-state index >= 15 is 0 Å². The number of pyridine rings is 1. The molecule has 1 heterocycles. The largest absolute Gasteiger partial charge is 0.481 e. The molecule has 3 aromatic rings. The number of hydrogen-bond donors (Lipinski definition) is 2. The standard InChI is InChI=1S/C13H10N2.C11H22O2/c14-13-9-5-1-3-7-11(9)15-12-8-4-2-6-10(12)13;1-2-3-4-5-6-7-8-9-10-11(12)13/h1-8H,(H2,14,15);2-10H2,1H3,(H,12,13). The highest BCUT2D eigenvalue weighted by Gasteiger charge is 2.04. The van der Waals surface area contributed by atoms with Gasteiger partial charge < -0.3 is 10.8 Å². The van der Waals surface area contributed by atoms with Gasteiger partial charge >= 0.3 is 5.97 Å². The fourth-order valence-corrected chi connectivity index (χ4v) is 3.28. The SMILES string of the molecule is CCCCCCCCCCC(=O)O.Nc1c2ccccc2nc2ccccc12. The van der Waals surface area contributed by atoms with Crippen molar-refractivity contribution < 1.29 is 9.90 Å². The Balaban J connectivity index is 0.000000204. The van der Waals surface area contributed by atoms with E-state index in [0.717, 1.165) is 40.3 Å². The zero-order chi connectivity index (χ0) is 20.2. The summed E-state index contributed by atoms with van der Waals surface area (Å²) in [5.74, 6) is -0.661. The maximum atomic E-state index is 10.2. The van der Waals surface area contributed by atoms with Crippen LogP contribution in [0.4, 0.5) is 5.69 Å². The third-order valence-electron chi connectivity index (χ3n) is 4.87. The molecule has 0 saturated carbocycles. The number of rotatable bonds is 9. The molecule has 2 aromatic carbocycles.